The molecule has 0 aliphatic heterocycles. The molecule has 0 fully saturated rings. The second-order valence-electron chi connectivity index (χ2n) is 2.64. The Kier molecular flexibility index (Phi) is 3.15. The fourth-order valence-corrected chi connectivity index (χ4v) is 1.63. The van der Waals surface area contributed by atoms with Crippen molar-refractivity contribution in [1.82, 2.24) is 0 Å². The molecule has 68 valence electrons. The van der Waals surface area contributed by atoms with Crippen LogP contribution in [0.1, 0.15) is 11.1 Å². The molecule has 13 heavy (non-hydrogen) atoms. The first-order chi connectivity index (χ1) is 6.13. The molecule has 1 atom stereocenters. The maximum Gasteiger partial charge on any atom is 0.140 e. The van der Waals surface area contributed by atoms with Crippen LogP contribution in [0, 0.1) is 17.1 Å². The van der Waals surface area contributed by atoms with E-state index in [9.17, 15) is 8.60 Å². The van der Waals surface area contributed by atoms with Crippen LogP contribution in [-0.2, 0) is 16.6 Å². The Hall–Kier alpha value is -1.21. The first-order valence-corrected chi connectivity index (χ1v) is 5.34. The summed E-state index contributed by atoms with van der Waals surface area (Å²) < 4.78 is 23.6. The van der Waals surface area contributed by atoms with Crippen molar-refractivity contribution in [3.8, 4) is 6.07 Å². The van der Waals surface area contributed by atoms with E-state index in [1.165, 1.54) is 18.2 Å². The Bertz CT molecular complexity index is 384. The van der Waals surface area contributed by atoms with Gasteiger partial charge < -0.3 is 0 Å². The predicted molar refractivity (Wildman–Crippen MR) is 48.9 cm³/mol. The van der Waals surface area contributed by atoms with Gasteiger partial charge >= 0.3 is 0 Å². The van der Waals surface area contributed by atoms with E-state index in [-0.39, 0.29) is 5.56 Å². The Morgan fingerprint density at radius 3 is 2.85 bits per heavy atom. The van der Waals surface area contributed by atoms with Crippen molar-refractivity contribution in [3.63, 3.8) is 0 Å². The molecule has 0 saturated heterocycles. The molecule has 4 heteroatoms. The van der Waals surface area contributed by atoms with Gasteiger partial charge in [-0.1, -0.05) is 6.07 Å². The van der Waals surface area contributed by atoms with Gasteiger partial charge in [0.15, 0.2) is 0 Å². The highest BCUT2D eigenvalue weighted by atomic mass is 32.2. The smallest absolute Gasteiger partial charge is 0.140 e. The average molecular weight is 197 g/mol. The maximum absolute atomic E-state index is 12.8. The van der Waals surface area contributed by atoms with Gasteiger partial charge in [-0.3, -0.25) is 4.21 Å². The number of rotatable bonds is 2. The summed E-state index contributed by atoms with van der Waals surface area (Å²) in [5, 5.41) is 8.51. The highest BCUT2D eigenvalue weighted by Gasteiger charge is 2.03. The Morgan fingerprint density at radius 1 is 1.62 bits per heavy atom. The van der Waals surface area contributed by atoms with E-state index < -0.39 is 16.6 Å². The van der Waals surface area contributed by atoms with Gasteiger partial charge in [-0.05, 0) is 17.7 Å². The lowest BCUT2D eigenvalue weighted by atomic mass is 10.1. The van der Waals surface area contributed by atoms with Crippen LogP contribution in [0.3, 0.4) is 0 Å². The second kappa shape index (κ2) is 4.15. The quantitative estimate of drug-likeness (QED) is 0.722. The maximum atomic E-state index is 12.8. The SMILES string of the molecule is CS(=O)Cc1ccc(F)c(C#N)c1. The molecule has 0 N–H and O–H groups in total. The topological polar surface area (TPSA) is 40.9 Å². The van der Waals surface area contributed by atoms with Crippen LogP contribution in [0.2, 0.25) is 0 Å². The third-order valence-electron chi connectivity index (χ3n) is 1.52. The lowest BCUT2D eigenvalue weighted by molar-refractivity contribution is 0.623. The molecule has 0 heterocycles. The Morgan fingerprint density at radius 2 is 2.31 bits per heavy atom. The van der Waals surface area contributed by atoms with Crippen LogP contribution in [0.15, 0.2) is 18.2 Å². The molecule has 0 spiro atoms. The zero-order chi connectivity index (χ0) is 9.84. The lowest BCUT2D eigenvalue weighted by Crippen LogP contribution is -1.94. The predicted octanol–water partition coefficient (Wildman–Crippen LogP) is 1.58. The van der Waals surface area contributed by atoms with Crippen molar-refractivity contribution in [3.05, 3.63) is 35.1 Å². The van der Waals surface area contributed by atoms with Crippen molar-refractivity contribution in [2.75, 3.05) is 6.26 Å². The number of nitriles is 1. The van der Waals surface area contributed by atoms with Crippen molar-refractivity contribution >= 4 is 10.8 Å². The molecule has 1 aromatic carbocycles. The first kappa shape index (κ1) is 9.87. The third-order valence-corrected chi connectivity index (χ3v) is 2.26. The Labute approximate surface area is 78.5 Å². The van der Waals surface area contributed by atoms with Crippen LogP contribution in [0.25, 0.3) is 0 Å². The fraction of sp³-hybridized carbons (Fsp3) is 0.222. The van der Waals surface area contributed by atoms with Crippen LogP contribution >= 0.6 is 0 Å². The van der Waals surface area contributed by atoms with Gasteiger partial charge in [0.25, 0.3) is 0 Å². The minimum absolute atomic E-state index is 0.00273. The van der Waals surface area contributed by atoms with E-state index in [0.717, 1.165) is 5.56 Å². The van der Waals surface area contributed by atoms with Crippen LogP contribution in [0.5, 0.6) is 0 Å². The molecule has 0 saturated carbocycles. The summed E-state index contributed by atoms with van der Waals surface area (Å²) in [5.74, 6) is -0.178. The minimum Gasteiger partial charge on any atom is -0.260 e. The van der Waals surface area contributed by atoms with Crippen LogP contribution < -0.4 is 0 Å². The summed E-state index contributed by atoms with van der Waals surface area (Å²) in [6.07, 6.45) is 1.56. The van der Waals surface area contributed by atoms with E-state index in [1.807, 2.05) is 0 Å². The van der Waals surface area contributed by atoms with Gasteiger partial charge in [-0.25, -0.2) is 4.39 Å². The molecule has 2 nitrogen and oxygen atoms in total. The van der Waals surface area contributed by atoms with Gasteiger partial charge in [0.05, 0.1) is 5.56 Å². The van der Waals surface area contributed by atoms with Crippen LogP contribution in [-0.4, -0.2) is 10.5 Å². The normalized spacial score (nSPS) is 12.1. The summed E-state index contributed by atoms with van der Waals surface area (Å²) in [5.41, 5.74) is 0.724. The molecule has 0 aliphatic carbocycles. The minimum atomic E-state index is -0.965. The summed E-state index contributed by atoms with van der Waals surface area (Å²) in [6.45, 7) is 0. The van der Waals surface area contributed by atoms with E-state index >= 15 is 0 Å². The summed E-state index contributed by atoms with van der Waals surface area (Å²) >= 11 is 0. The molecule has 0 bridgehead atoms. The first-order valence-electron chi connectivity index (χ1n) is 3.62. The number of nitrogens with zero attached hydrogens (tertiary/aromatic N) is 1. The molecule has 0 aromatic heterocycles. The number of hydrogen-bond donors (Lipinski definition) is 0. The highest BCUT2D eigenvalue weighted by molar-refractivity contribution is 7.83. The molecule has 0 aliphatic rings. The number of benzene rings is 1. The van der Waals surface area contributed by atoms with E-state index in [1.54, 1.807) is 12.3 Å². The fourth-order valence-electron chi connectivity index (χ4n) is 0.983. The molecular formula is C9H8FNOS. The third kappa shape index (κ3) is 2.63. The van der Waals surface area contributed by atoms with Crippen LogP contribution in [0.4, 0.5) is 4.39 Å². The monoisotopic (exact) mass is 197 g/mol. The van der Waals surface area contributed by atoms with Gasteiger partial charge in [0, 0.05) is 22.8 Å². The summed E-state index contributed by atoms with van der Waals surface area (Å²) in [6, 6.07) is 5.92. The zero-order valence-corrected chi connectivity index (χ0v) is 7.90. The Balaban J connectivity index is 3.01. The van der Waals surface area contributed by atoms with Crippen molar-refractivity contribution in [2.24, 2.45) is 0 Å². The molecule has 1 rings (SSSR count). The highest BCUT2D eigenvalue weighted by Crippen LogP contribution is 2.10. The largest absolute Gasteiger partial charge is 0.260 e. The van der Waals surface area contributed by atoms with Gasteiger partial charge in [-0.15, -0.1) is 0 Å². The van der Waals surface area contributed by atoms with E-state index in [2.05, 4.69) is 0 Å². The molecule has 0 amide bonds. The second-order valence-corrected chi connectivity index (χ2v) is 4.08. The van der Waals surface area contributed by atoms with E-state index in [4.69, 9.17) is 5.26 Å². The van der Waals surface area contributed by atoms with Crippen molar-refractivity contribution < 1.29 is 8.60 Å². The van der Waals surface area contributed by atoms with Crippen molar-refractivity contribution in [1.29, 1.82) is 5.26 Å². The zero-order valence-electron chi connectivity index (χ0n) is 7.08. The van der Waals surface area contributed by atoms with Gasteiger partial charge in [0.2, 0.25) is 0 Å². The number of halogens is 1. The molecule has 1 unspecified atom stereocenters. The number of hydrogen-bond acceptors (Lipinski definition) is 2. The molecular weight excluding hydrogens is 189 g/mol. The molecule has 1 aromatic rings. The molecule has 0 radical (unpaired) electrons. The van der Waals surface area contributed by atoms with Crippen molar-refractivity contribution in [2.45, 2.75) is 5.75 Å². The van der Waals surface area contributed by atoms with E-state index in [0.29, 0.717) is 5.75 Å². The summed E-state index contributed by atoms with van der Waals surface area (Å²) in [4.78, 5) is 0. The standard InChI is InChI=1S/C9H8FNOS/c1-13(12)6-7-2-3-9(10)8(4-7)5-11/h2-4H,6H2,1H3. The van der Waals surface area contributed by atoms with Gasteiger partial charge in [0.1, 0.15) is 11.9 Å². The lowest BCUT2D eigenvalue weighted by Gasteiger charge is -1.99. The average Bonchev–Trinajstić information content (AvgIpc) is 2.07. The van der Waals surface area contributed by atoms with Gasteiger partial charge in [-0.2, -0.15) is 5.26 Å². The summed E-state index contributed by atoms with van der Waals surface area (Å²) in [7, 11) is -0.965.